The van der Waals surface area contributed by atoms with Crippen LogP contribution in [0.4, 0.5) is 0 Å². The van der Waals surface area contributed by atoms with Gasteiger partial charge in [-0.05, 0) is 100 Å². The lowest BCUT2D eigenvalue weighted by molar-refractivity contribution is 1.08. The van der Waals surface area contributed by atoms with Gasteiger partial charge in [0.15, 0.2) is 17.5 Å². The second kappa shape index (κ2) is 16.3. The van der Waals surface area contributed by atoms with Gasteiger partial charge in [-0.3, -0.25) is 0 Å². The van der Waals surface area contributed by atoms with E-state index in [2.05, 4.69) is 235 Å². The second-order valence-electron chi connectivity index (χ2n) is 19.0. The summed E-state index contributed by atoms with van der Waals surface area (Å²) in [7, 11) is 0. The molecule has 0 fully saturated rings. The molecule has 74 heavy (non-hydrogen) atoms. The normalized spacial score (nSPS) is 12.1. The predicted molar refractivity (Wildman–Crippen MR) is 318 cm³/mol. The summed E-state index contributed by atoms with van der Waals surface area (Å²) < 4.78 is 9.91. The monoisotopic (exact) mass is 994 g/mol. The maximum Gasteiger partial charge on any atom is 0.164 e. The van der Waals surface area contributed by atoms with Gasteiger partial charge < -0.3 is 4.57 Å². The van der Waals surface area contributed by atoms with Gasteiger partial charge in [-0.25, -0.2) is 15.0 Å². The summed E-state index contributed by atoms with van der Waals surface area (Å²) in [6, 6.07) is 84.0. The molecule has 0 aliphatic heterocycles. The number of benzene rings is 11. The first-order valence-corrected chi connectivity index (χ1v) is 27.3. The minimum Gasteiger partial charge on any atom is -0.309 e. The van der Waals surface area contributed by atoms with Gasteiger partial charge in [-0.2, -0.15) is 0 Å². The molecule has 344 valence electrons. The summed E-state index contributed by atoms with van der Waals surface area (Å²) >= 11 is 5.46. The Balaban J connectivity index is 0.996. The molecule has 0 amide bonds. The van der Waals surface area contributed by atoms with Gasteiger partial charge in [0.1, 0.15) is 0 Å². The van der Waals surface area contributed by atoms with E-state index in [4.69, 9.17) is 15.0 Å². The van der Waals surface area contributed by atoms with Gasteiger partial charge in [0.05, 0.1) is 16.7 Å². The molecule has 0 saturated heterocycles. The van der Waals surface area contributed by atoms with Crippen LogP contribution >= 0.6 is 34.0 Å². The van der Waals surface area contributed by atoms with Crippen LogP contribution in [0, 0.1) is 0 Å². The van der Waals surface area contributed by atoms with Crippen molar-refractivity contribution < 1.29 is 0 Å². The molecule has 16 aromatic rings. The highest BCUT2D eigenvalue weighted by Gasteiger charge is 2.24. The molecule has 5 aromatic heterocycles. The lowest BCUT2D eigenvalue weighted by atomic mass is 9.98. The summed E-state index contributed by atoms with van der Waals surface area (Å²) in [6.45, 7) is 0. The SMILES string of the molecule is c1ccc(-c2cccc3c2c2cc4ccccc4cc2n3-c2ccc(-c3nc(-c4cccc5sc6ccccc6c45)nc(-c4cccc5sc6ccccc6c45)n3)cc2-c2ccc3c(c2)sc2ccccc23)cc1. The Morgan fingerprint density at radius 1 is 0.270 bits per heavy atom. The highest BCUT2D eigenvalue weighted by atomic mass is 32.1. The van der Waals surface area contributed by atoms with Crippen molar-refractivity contribution >= 4 is 127 Å². The Labute approximate surface area is 436 Å². The Bertz CT molecular complexity index is 4850. The number of hydrogen-bond acceptors (Lipinski definition) is 6. The average Bonchev–Trinajstić information content (AvgIpc) is 4.23. The van der Waals surface area contributed by atoms with Gasteiger partial charge in [-0.1, -0.05) is 158 Å². The first-order chi connectivity index (χ1) is 36.7. The third-order valence-electron chi connectivity index (χ3n) is 14.9. The summed E-state index contributed by atoms with van der Waals surface area (Å²) in [5.74, 6) is 1.92. The second-order valence-corrected chi connectivity index (χ2v) is 22.3. The number of aromatic nitrogens is 4. The van der Waals surface area contributed by atoms with Crippen molar-refractivity contribution in [3.8, 4) is 62.1 Å². The van der Waals surface area contributed by atoms with E-state index >= 15 is 0 Å². The molecular weight excluding hydrogens is 957 g/mol. The zero-order chi connectivity index (χ0) is 48.4. The number of hydrogen-bond donors (Lipinski definition) is 0. The van der Waals surface area contributed by atoms with Gasteiger partial charge in [0.2, 0.25) is 0 Å². The fourth-order valence-electron chi connectivity index (χ4n) is 11.5. The third kappa shape index (κ3) is 6.40. The highest BCUT2D eigenvalue weighted by molar-refractivity contribution is 7.26. The van der Waals surface area contributed by atoms with Crippen molar-refractivity contribution in [1.82, 2.24) is 19.5 Å². The summed E-state index contributed by atoms with van der Waals surface area (Å²) in [5.41, 5.74) is 10.9. The lowest BCUT2D eigenvalue weighted by Crippen LogP contribution is -2.02. The number of fused-ring (bicyclic) bond motifs is 13. The van der Waals surface area contributed by atoms with Crippen LogP contribution in [-0.4, -0.2) is 19.5 Å². The standard InChI is InChI=1S/C67H38N4S3/c1-2-15-39(16-3-1)44-22-12-25-54-62(44)52-35-40-17-4-5-18-41(40)37-55(52)71(54)53-34-32-43(36-51(53)42-31-33-46-45-19-6-9-26-56(45)74-61(46)38-42)65-68-66(49-23-13-29-59-63(49)47-20-7-10-27-57(47)72-59)70-67(69-65)50-24-14-30-60-64(50)48-21-8-11-28-58(48)73-60/h1-38H. The third-order valence-corrected chi connectivity index (χ3v) is 18.3. The van der Waals surface area contributed by atoms with E-state index in [-0.39, 0.29) is 0 Å². The Morgan fingerprint density at radius 2 is 0.797 bits per heavy atom. The Hall–Kier alpha value is -8.85. The number of rotatable bonds is 6. The van der Waals surface area contributed by atoms with Crippen LogP contribution in [0.1, 0.15) is 0 Å². The number of thiophene rings is 3. The van der Waals surface area contributed by atoms with Crippen molar-refractivity contribution in [2.24, 2.45) is 0 Å². The van der Waals surface area contributed by atoms with Gasteiger partial charge in [-0.15, -0.1) is 34.0 Å². The van der Waals surface area contributed by atoms with Gasteiger partial charge in [0, 0.05) is 93.5 Å². The first-order valence-electron chi connectivity index (χ1n) is 24.8. The molecule has 4 nitrogen and oxygen atoms in total. The van der Waals surface area contributed by atoms with Crippen LogP contribution in [0.25, 0.3) is 155 Å². The van der Waals surface area contributed by atoms with Crippen molar-refractivity contribution in [2.75, 3.05) is 0 Å². The summed E-state index contributed by atoms with van der Waals surface area (Å²) in [6.07, 6.45) is 0. The van der Waals surface area contributed by atoms with Crippen LogP contribution in [0.15, 0.2) is 231 Å². The molecular formula is C67H38N4S3. The molecule has 0 unspecified atom stereocenters. The van der Waals surface area contributed by atoms with Gasteiger partial charge in [0.25, 0.3) is 0 Å². The topological polar surface area (TPSA) is 43.6 Å². The molecule has 0 atom stereocenters. The first kappa shape index (κ1) is 41.7. The van der Waals surface area contributed by atoms with Crippen molar-refractivity contribution in [3.05, 3.63) is 231 Å². The molecule has 0 aliphatic rings. The Morgan fingerprint density at radius 3 is 1.50 bits per heavy atom. The molecule has 0 saturated carbocycles. The Kier molecular flexibility index (Phi) is 9.21. The fraction of sp³-hybridized carbons (Fsp3) is 0. The minimum atomic E-state index is 0.619. The molecule has 0 radical (unpaired) electrons. The van der Waals surface area contributed by atoms with Crippen LogP contribution in [0.2, 0.25) is 0 Å². The number of nitrogens with zero attached hydrogens (tertiary/aromatic N) is 4. The van der Waals surface area contributed by atoms with Crippen LogP contribution in [0.5, 0.6) is 0 Å². The van der Waals surface area contributed by atoms with E-state index in [1.807, 2.05) is 34.0 Å². The van der Waals surface area contributed by atoms with E-state index in [1.54, 1.807) is 0 Å². The average molecular weight is 995 g/mol. The van der Waals surface area contributed by atoms with E-state index in [0.717, 1.165) is 55.3 Å². The largest absolute Gasteiger partial charge is 0.309 e. The van der Waals surface area contributed by atoms with E-state index in [0.29, 0.717) is 17.5 Å². The van der Waals surface area contributed by atoms with Crippen LogP contribution < -0.4 is 0 Å². The van der Waals surface area contributed by atoms with E-state index in [1.165, 1.54) is 82.4 Å². The smallest absolute Gasteiger partial charge is 0.164 e. The van der Waals surface area contributed by atoms with Crippen molar-refractivity contribution in [1.29, 1.82) is 0 Å². The van der Waals surface area contributed by atoms with Crippen LogP contribution in [0.3, 0.4) is 0 Å². The predicted octanol–water partition coefficient (Wildman–Crippen LogP) is 19.6. The molecule has 16 rings (SSSR count). The summed E-state index contributed by atoms with van der Waals surface area (Å²) in [5, 5.41) is 12.1. The molecule has 0 bridgehead atoms. The van der Waals surface area contributed by atoms with E-state index in [9.17, 15) is 0 Å². The molecule has 7 heteroatoms. The molecule has 0 aliphatic carbocycles. The quantitative estimate of drug-likeness (QED) is 0.167. The van der Waals surface area contributed by atoms with E-state index < -0.39 is 0 Å². The molecule has 0 N–H and O–H groups in total. The maximum absolute atomic E-state index is 5.53. The zero-order valence-electron chi connectivity index (χ0n) is 39.5. The summed E-state index contributed by atoms with van der Waals surface area (Å²) in [4.78, 5) is 16.5. The molecule has 0 spiro atoms. The highest BCUT2D eigenvalue weighted by Crippen LogP contribution is 2.46. The van der Waals surface area contributed by atoms with Crippen molar-refractivity contribution in [2.45, 2.75) is 0 Å². The lowest BCUT2D eigenvalue weighted by Gasteiger charge is -2.17. The fourth-order valence-corrected chi connectivity index (χ4v) is 14.9. The van der Waals surface area contributed by atoms with Crippen molar-refractivity contribution in [3.63, 3.8) is 0 Å². The van der Waals surface area contributed by atoms with Crippen LogP contribution in [-0.2, 0) is 0 Å². The van der Waals surface area contributed by atoms with Gasteiger partial charge >= 0.3 is 0 Å². The maximum atomic E-state index is 5.53. The molecule has 5 heterocycles. The minimum absolute atomic E-state index is 0.619. The zero-order valence-corrected chi connectivity index (χ0v) is 41.9. The molecule has 11 aromatic carbocycles.